The molecule has 3 nitrogen and oxygen atoms in total. The van der Waals surface area contributed by atoms with Gasteiger partial charge in [-0.1, -0.05) is 0 Å². The Morgan fingerprint density at radius 2 is 2.50 bits per heavy atom. The number of nitrogens with one attached hydrogen (secondary N) is 1. The quantitative estimate of drug-likeness (QED) is 0.730. The Bertz CT molecular complexity index is 349. The Hall–Kier alpha value is -1.38. The summed E-state index contributed by atoms with van der Waals surface area (Å²) in [5.74, 6) is 0.0414. The highest BCUT2D eigenvalue weighted by Crippen LogP contribution is 2.28. The smallest absolute Gasteiger partial charge is 0.217 e. The normalized spacial score (nSPS) is 19.9. The maximum atomic E-state index is 11.0. The van der Waals surface area contributed by atoms with Crippen LogP contribution in [0, 0.1) is 0 Å². The van der Waals surface area contributed by atoms with E-state index in [1.807, 2.05) is 12.3 Å². The SMILES string of the molecule is CC(=O)N[C@@H]1CCCc2cnccc21. The molecule has 0 unspecified atom stereocenters. The minimum atomic E-state index is 0.0414. The van der Waals surface area contributed by atoms with Gasteiger partial charge in [0.2, 0.25) is 5.91 Å². The minimum Gasteiger partial charge on any atom is -0.350 e. The van der Waals surface area contributed by atoms with E-state index in [0.717, 1.165) is 19.3 Å². The van der Waals surface area contributed by atoms with E-state index in [2.05, 4.69) is 10.3 Å². The molecule has 0 aromatic carbocycles. The molecule has 1 aromatic heterocycles. The monoisotopic (exact) mass is 190 g/mol. The van der Waals surface area contributed by atoms with Crippen LogP contribution >= 0.6 is 0 Å². The van der Waals surface area contributed by atoms with Crippen LogP contribution in [0.2, 0.25) is 0 Å². The molecule has 1 aliphatic carbocycles. The Morgan fingerprint density at radius 3 is 3.29 bits per heavy atom. The number of pyridine rings is 1. The molecule has 2 rings (SSSR count). The van der Waals surface area contributed by atoms with Gasteiger partial charge in [0.15, 0.2) is 0 Å². The number of carbonyl (C=O) groups excluding carboxylic acids is 1. The van der Waals surface area contributed by atoms with Gasteiger partial charge in [-0.05, 0) is 36.5 Å². The number of aryl methyl sites for hydroxylation is 1. The summed E-state index contributed by atoms with van der Waals surface area (Å²) in [4.78, 5) is 15.1. The Labute approximate surface area is 83.5 Å². The number of fused-ring (bicyclic) bond motifs is 1. The molecule has 1 atom stereocenters. The number of aromatic nitrogens is 1. The molecule has 74 valence electrons. The van der Waals surface area contributed by atoms with Crippen molar-refractivity contribution in [2.75, 3.05) is 0 Å². The third kappa shape index (κ3) is 1.76. The number of carbonyl (C=O) groups is 1. The highest BCUT2D eigenvalue weighted by molar-refractivity contribution is 5.73. The van der Waals surface area contributed by atoms with Crippen LogP contribution in [-0.2, 0) is 11.2 Å². The van der Waals surface area contributed by atoms with Crippen LogP contribution in [-0.4, -0.2) is 10.9 Å². The fraction of sp³-hybridized carbons (Fsp3) is 0.455. The van der Waals surface area contributed by atoms with Gasteiger partial charge in [0.25, 0.3) is 0 Å². The summed E-state index contributed by atoms with van der Waals surface area (Å²) in [5, 5.41) is 2.97. The zero-order valence-corrected chi connectivity index (χ0v) is 8.29. The molecular formula is C11H14N2O. The van der Waals surface area contributed by atoms with Gasteiger partial charge in [-0.15, -0.1) is 0 Å². The molecule has 0 bridgehead atoms. The first-order valence-corrected chi connectivity index (χ1v) is 4.97. The topological polar surface area (TPSA) is 42.0 Å². The molecule has 0 aliphatic heterocycles. The third-order valence-corrected chi connectivity index (χ3v) is 2.63. The Morgan fingerprint density at radius 1 is 1.64 bits per heavy atom. The lowest BCUT2D eigenvalue weighted by Gasteiger charge is -2.25. The van der Waals surface area contributed by atoms with Gasteiger partial charge in [-0.3, -0.25) is 9.78 Å². The molecule has 1 amide bonds. The molecule has 14 heavy (non-hydrogen) atoms. The van der Waals surface area contributed by atoms with Gasteiger partial charge in [0.1, 0.15) is 0 Å². The summed E-state index contributed by atoms with van der Waals surface area (Å²) < 4.78 is 0. The van der Waals surface area contributed by atoms with Gasteiger partial charge < -0.3 is 5.32 Å². The number of nitrogens with zero attached hydrogens (tertiary/aromatic N) is 1. The van der Waals surface area contributed by atoms with Gasteiger partial charge in [-0.2, -0.15) is 0 Å². The lowest BCUT2D eigenvalue weighted by molar-refractivity contribution is -0.119. The first-order chi connectivity index (χ1) is 6.77. The van der Waals surface area contributed by atoms with Crippen molar-refractivity contribution in [1.29, 1.82) is 0 Å². The summed E-state index contributed by atoms with van der Waals surface area (Å²) in [6.07, 6.45) is 6.95. The van der Waals surface area contributed by atoms with E-state index in [0.29, 0.717) is 0 Å². The van der Waals surface area contributed by atoms with E-state index < -0.39 is 0 Å². The molecule has 0 fully saturated rings. The first-order valence-electron chi connectivity index (χ1n) is 4.97. The fourth-order valence-electron chi connectivity index (χ4n) is 2.03. The standard InChI is InChI=1S/C11H14N2O/c1-8(14)13-11-4-2-3-9-7-12-6-5-10(9)11/h5-7,11H,2-4H2,1H3,(H,13,14)/t11-/m1/s1. The maximum Gasteiger partial charge on any atom is 0.217 e. The number of rotatable bonds is 1. The second-order valence-electron chi connectivity index (χ2n) is 3.72. The predicted molar refractivity (Wildman–Crippen MR) is 53.7 cm³/mol. The Balaban J connectivity index is 2.26. The van der Waals surface area contributed by atoms with Gasteiger partial charge in [-0.25, -0.2) is 0 Å². The minimum absolute atomic E-state index is 0.0414. The largest absolute Gasteiger partial charge is 0.350 e. The highest BCUT2D eigenvalue weighted by atomic mass is 16.1. The van der Waals surface area contributed by atoms with Crippen molar-refractivity contribution in [2.45, 2.75) is 32.2 Å². The molecule has 0 spiro atoms. The van der Waals surface area contributed by atoms with Gasteiger partial charge in [0.05, 0.1) is 6.04 Å². The van der Waals surface area contributed by atoms with Crippen molar-refractivity contribution in [1.82, 2.24) is 10.3 Å². The zero-order chi connectivity index (χ0) is 9.97. The summed E-state index contributed by atoms with van der Waals surface area (Å²) >= 11 is 0. The molecule has 0 saturated heterocycles. The summed E-state index contributed by atoms with van der Waals surface area (Å²) in [7, 11) is 0. The molecule has 3 heteroatoms. The van der Waals surface area contributed by atoms with Crippen molar-refractivity contribution < 1.29 is 4.79 Å². The fourth-order valence-corrected chi connectivity index (χ4v) is 2.03. The summed E-state index contributed by atoms with van der Waals surface area (Å²) in [6.45, 7) is 1.56. The van der Waals surface area contributed by atoms with Crippen molar-refractivity contribution in [2.24, 2.45) is 0 Å². The molecule has 1 heterocycles. The Kier molecular flexibility index (Phi) is 2.48. The van der Waals surface area contributed by atoms with Crippen molar-refractivity contribution in [3.63, 3.8) is 0 Å². The van der Waals surface area contributed by atoms with Crippen LogP contribution in [0.1, 0.15) is 36.9 Å². The van der Waals surface area contributed by atoms with E-state index in [-0.39, 0.29) is 11.9 Å². The number of hydrogen-bond acceptors (Lipinski definition) is 2. The number of hydrogen-bond donors (Lipinski definition) is 1. The van der Waals surface area contributed by atoms with Crippen molar-refractivity contribution in [3.8, 4) is 0 Å². The van der Waals surface area contributed by atoms with Gasteiger partial charge in [0, 0.05) is 19.3 Å². The molecule has 1 aromatic rings. The number of amides is 1. The van der Waals surface area contributed by atoms with E-state index in [9.17, 15) is 4.79 Å². The van der Waals surface area contributed by atoms with Crippen LogP contribution in [0.25, 0.3) is 0 Å². The second-order valence-corrected chi connectivity index (χ2v) is 3.72. The lowest BCUT2D eigenvalue weighted by Crippen LogP contribution is -2.28. The zero-order valence-electron chi connectivity index (χ0n) is 8.29. The van der Waals surface area contributed by atoms with Crippen molar-refractivity contribution >= 4 is 5.91 Å². The second kappa shape index (κ2) is 3.78. The summed E-state index contributed by atoms with van der Waals surface area (Å²) in [5.41, 5.74) is 2.51. The average molecular weight is 190 g/mol. The third-order valence-electron chi connectivity index (χ3n) is 2.63. The van der Waals surface area contributed by atoms with Gasteiger partial charge >= 0.3 is 0 Å². The molecule has 0 saturated carbocycles. The maximum absolute atomic E-state index is 11.0. The first kappa shape index (κ1) is 9.19. The van der Waals surface area contributed by atoms with Crippen LogP contribution in [0.3, 0.4) is 0 Å². The molecule has 1 aliphatic rings. The van der Waals surface area contributed by atoms with Crippen LogP contribution in [0.5, 0.6) is 0 Å². The highest BCUT2D eigenvalue weighted by Gasteiger charge is 2.20. The van der Waals surface area contributed by atoms with Crippen LogP contribution in [0.15, 0.2) is 18.5 Å². The van der Waals surface area contributed by atoms with Crippen molar-refractivity contribution in [3.05, 3.63) is 29.6 Å². The van der Waals surface area contributed by atoms with E-state index in [4.69, 9.17) is 0 Å². The predicted octanol–water partition coefficient (Wildman–Crippen LogP) is 1.60. The lowest BCUT2D eigenvalue weighted by atomic mass is 9.89. The van der Waals surface area contributed by atoms with E-state index in [1.54, 1.807) is 13.1 Å². The van der Waals surface area contributed by atoms with E-state index in [1.165, 1.54) is 11.1 Å². The molecule has 0 radical (unpaired) electrons. The molecule has 1 N–H and O–H groups in total. The summed E-state index contributed by atoms with van der Waals surface area (Å²) in [6, 6.07) is 2.20. The average Bonchev–Trinajstić information content (AvgIpc) is 2.18. The molecular weight excluding hydrogens is 176 g/mol. The van der Waals surface area contributed by atoms with E-state index >= 15 is 0 Å². The van der Waals surface area contributed by atoms with Crippen LogP contribution < -0.4 is 5.32 Å². The van der Waals surface area contributed by atoms with Crippen LogP contribution in [0.4, 0.5) is 0 Å².